The van der Waals surface area contributed by atoms with Gasteiger partial charge in [-0.05, 0) is 60.0 Å². The van der Waals surface area contributed by atoms with Gasteiger partial charge < -0.3 is 10.1 Å². The number of nitrogens with one attached hydrogen (secondary N) is 1. The van der Waals surface area contributed by atoms with E-state index in [0.717, 1.165) is 46.1 Å². The number of anilines is 2. The largest absolute Gasteiger partial charge is 0.489 e. The summed E-state index contributed by atoms with van der Waals surface area (Å²) >= 11 is 0. The van der Waals surface area contributed by atoms with Crippen LogP contribution in [0, 0.1) is 6.07 Å². The molecule has 4 rings (SSSR count). The van der Waals surface area contributed by atoms with Crippen LogP contribution in [-0.2, 0) is 13.0 Å². The quantitative estimate of drug-likeness (QED) is 0.438. The van der Waals surface area contributed by atoms with E-state index < -0.39 is 0 Å². The van der Waals surface area contributed by atoms with Crippen molar-refractivity contribution in [2.75, 3.05) is 5.32 Å². The number of nitrogens with zero attached hydrogens (tertiary/aromatic N) is 2. The van der Waals surface area contributed by atoms with Gasteiger partial charge in [0, 0.05) is 17.3 Å². The van der Waals surface area contributed by atoms with Crippen molar-refractivity contribution in [2.45, 2.75) is 20.0 Å². The third kappa shape index (κ3) is 4.99. The van der Waals surface area contributed by atoms with Crippen LogP contribution >= 0.6 is 0 Å². The van der Waals surface area contributed by atoms with Gasteiger partial charge in [-0.2, -0.15) is 0 Å². The van der Waals surface area contributed by atoms with Gasteiger partial charge >= 0.3 is 0 Å². The molecule has 3 aromatic carbocycles. The highest BCUT2D eigenvalue weighted by Crippen LogP contribution is 2.24. The van der Waals surface area contributed by atoms with E-state index in [1.165, 1.54) is 0 Å². The first kappa shape index (κ1) is 18.7. The Kier molecular flexibility index (Phi) is 5.81. The molecule has 4 nitrogen and oxygen atoms in total. The number of hydrogen-bond acceptors (Lipinski definition) is 4. The Bertz CT molecular complexity index is 1060. The maximum Gasteiger partial charge on any atom is 0.134 e. The first-order valence-corrected chi connectivity index (χ1v) is 9.67. The molecule has 0 amide bonds. The van der Waals surface area contributed by atoms with Gasteiger partial charge in [0.2, 0.25) is 0 Å². The Labute approximate surface area is 171 Å². The number of aryl methyl sites for hydroxylation is 1. The maximum atomic E-state index is 5.86. The molecule has 0 aliphatic rings. The predicted molar refractivity (Wildman–Crippen MR) is 116 cm³/mol. The van der Waals surface area contributed by atoms with Crippen LogP contribution in [0.2, 0.25) is 0 Å². The highest BCUT2D eigenvalue weighted by atomic mass is 16.5. The Morgan fingerprint density at radius 2 is 1.76 bits per heavy atom. The zero-order valence-corrected chi connectivity index (χ0v) is 16.3. The van der Waals surface area contributed by atoms with Crippen LogP contribution in [0.25, 0.3) is 11.3 Å². The third-order valence-corrected chi connectivity index (χ3v) is 4.58. The smallest absolute Gasteiger partial charge is 0.134 e. The Morgan fingerprint density at radius 3 is 2.55 bits per heavy atom. The minimum absolute atomic E-state index is 0.552. The monoisotopic (exact) mass is 380 g/mol. The van der Waals surface area contributed by atoms with Gasteiger partial charge in [-0.15, -0.1) is 0 Å². The molecule has 0 aliphatic carbocycles. The highest BCUT2D eigenvalue weighted by molar-refractivity contribution is 5.66. The standard InChI is InChI=1S/C25H22N3O/c1-2-19-9-6-10-22(15-19)28-25-16-24(26-18-27-25)21-11-13-23(14-12-21)29-17-20-7-4-3-5-8-20/h3-8,10-16,18H,2,17H2,1H3,(H,26,27,28). The fourth-order valence-corrected chi connectivity index (χ4v) is 2.99. The van der Waals surface area contributed by atoms with Crippen LogP contribution in [0.15, 0.2) is 85.2 Å². The van der Waals surface area contributed by atoms with E-state index in [0.29, 0.717) is 6.61 Å². The second kappa shape index (κ2) is 9.02. The second-order valence-electron chi connectivity index (χ2n) is 6.67. The lowest BCUT2D eigenvalue weighted by Gasteiger charge is -2.09. The van der Waals surface area contributed by atoms with Crippen molar-refractivity contribution in [3.8, 4) is 17.0 Å². The minimum Gasteiger partial charge on any atom is -0.489 e. The molecule has 4 heteroatoms. The maximum absolute atomic E-state index is 5.86. The van der Waals surface area contributed by atoms with Crippen molar-refractivity contribution in [1.82, 2.24) is 9.97 Å². The molecule has 0 saturated carbocycles. The van der Waals surface area contributed by atoms with Crippen molar-refractivity contribution in [1.29, 1.82) is 0 Å². The van der Waals surface area contributed by atoms with E-state index in [1.807, 2.05) is 60.7 Å². The summed E-state index contributed by atoms with van der Waals surface area (Å²) in [5, 5.41) is 3.34. The molecule has 0 spiro atoms. The topological polar surface area (TPSA) is 47.0 Å². The average molecular weight is 380 g/mol. The van der Waals surface area contributed by atoms with E-state index in [4.69, 9.17) is 4.74 Å². The van der Waals surface area contributed by atoms with Crippen LogP contribution < -0.4 is 10.1 Å². The predicted octanol–water partition coefficient (Wildman–Crippen LogP) is 5.83. The van der Waals surface area contributed by atoms with Crippen molar-refractivity contribution in [3.05, 3.63) is 102 Å². The molecule has 1 aromatic heterocycles. The number of ether oxygens (including phenoxy) is 1. The van der Waals surface area contributed by atoms with E-state index >= 15 is 0 Å². The van der Waals surface area contributed by atoms with Crippen LogP contribution in [-0.4, -0.2) is 9.97 Å². The first-order chi connectivity index (χ1) is 14.3. The van der Waals surface area contributed by atoms with Crippen LogP contribution in [0.5, 0.6) is 5.75 Å². The summed E-state index contributed by atoms with van der Waals surface area (Å²) in [4.78, 5) is 8.75. The molecule has 0 unspecified atom stereocenters. The van der Waals surface area contributed by atoms with E-state index in [2.05, 4.69) is 46.5 Å². The molecule has 1 heterocycles. The number of rotatable bonds is 7. The average Bonchev–Trinajstić information content (AvgIpc) is 2.79. The molecule has 0 bridgehead atoms. The van der Waals surface area contributed by atoms with Gasteiger partial charge in [0.25, 0.3) is 0 Å². The van der Waals surface area contributed by atoms with E-state index in [-0.39, 0.29) is 0 Å². The van der Waals surface area contributed by atoms with Gasteiger partial charge in [-0.3, -0.25) is 0 Å². The molecule has 1 radical (unpaired) electrons. The van der Waals surface area contributed by atoms with Gasteiger partial charge in [-0.1, -0.05) is 43.3 Å². The number of benzene rings is 3. The van der Waals surface area contributed by atoms with Crippen molar-refractivity contribution in [3.63, 3.8) is 0 Å². The summed E-state index contributed by atoms with van der Waals surface area (Å²) in [6.07, 6.45) is 2.52. The number of aromatic nitrogens is 2. The molecule has 0 aliphatic heterocycles. The Balaban J connectivity index is 1.45. The van der Waals surface area contributed by atoms with Gasteiger partial charge in [0.05, 0.1) is 5.69 Å². The lowest BCUT2D eigenvalue weighted by atomic mass is 10.1. The molecular formula is C25H22N3O. The fourth-order valence-electron chi connectivity index (χ4n) is 2.99. The van der Waals surface area contributed by atoms with Crippen LogP contribution in [0.3, 0.4) is 0 Å². The molecule has 4 aromatic rings. The summed E-state index contributed by atoms with van der Waals surface area (Å²) in [6, 6.07) is 29.3. The van der Waals surface area contributed by atoms with E-state index in [9.17, 15) is 0 Å². The summed E-state index contributed by atoms with van der Waals surface area (Å²) < 4.78 is 5.86. The Hall–Kier alpha value is -3.66. The van der Waals surface area contributed by atoms with Gasteiger partial charge in [-0.25, -0.2) is 9.97 Å². The Morgan fingerprint density at radius 1 is 0.931 bits per heavy atom. The second-order valence-corrected chi connectivity index (χ2v) is 6.67. The van der Waals surface area contributed by atoms with Crippen molar-refractivity contribution < 1.29 is 4.74 Å². The van der Waals surface area contributed by atoms with Crippen molar-refractivity contribution in [2.24, 2.45) is 0 Å². The molecule has 0 saturated heterocycles. The van der Waals surface area contributed by atoms with Crippen LogP contribution in [0.1, 0.15) is 18.1 Å². The lowest BCUT2D eigenvalue weighted by Crippen LogP contribution is -1.97. The van der Waals surface area contributed by atoms with Crippen LogP contribution in [0.4, 0.5) is 11.5 Å². The zero-order chi connectivity index (χ0) is 19.9. The summed E-state index contributed by atoms with van der Waals surface area (Å²) in [6.45, 7) is 2.67. The summed E-state index contributed by atoms with van der Waals surface area (Å²) in [5.74, 6) is 1.59. The van der Waals surface area contributed by atoms with E-state index in [1.54, 1.807) is 6.33 Å². The zero-order valence-electron chi connectivity index (χ0n) is 16.3. The SMILES string of the molecule is CCc1[c]ccc(Nc2cc(-c3ccc(OCc4ccccc4)cc3)ncn2)c1. The number of hydrogen-bond donors (Lipinski definition) is 1. The lowest BCUT2D eigenvalue weighted by molar-refractivity contribution is 0.306. The summed E-state index contributed by atoms with van der Waals surface area (Å²) in [7, 11) is 0. The first-order valence-electron chi connectivity index (χ1n) is 9.67. The minimum atomic E-state index is 0.552. The molecule has 0 atom stereocenters. The molecule has 29 heavy (non-hydrogen) atoms. The molecule has 1 N–H and O–H groups in total. The molecule has 0 fully saturated rings. The summed E-state index contributed by atoms with van der Waals surface area (Å²) in [5.41, 5.74) is 5.17. The van der Waals surface area contributed by atoms with Gasteiger partial charge in [0.1, 0.15) is 24.5 Å². The molecule has 143 valence electrons. The third-order valence-electron chi connectivity index (χ3n) is 4.58. The molecular weight excluding hydrogens is 358 g/mol. The van der Waals surface area contributed by atoms with Crippen molar-refractivity contribution >= 4 is 11.5 Å². The van der Waals surface area contributed by atoms with Gasteiger partial charge in [0.15, 0.2) is 0 Å². The fraction of sp³-hybridized carbons (Fsp3) is 0.120. The highest BCUT2D eigenvalue weighted by Gasteiger charge is 2.04. The normalized spacial score (nSPS) is 10.5.